The standard InChI is InChI=1S/C12H16N2O/c1-4-7-5-8(13)6-9-10(7)14-11(15)12(9,2)3/h5-6H,4,13H2,1-3H3,(H,14,15). The molecule has 0 unspecified atom stereocenters. The van der Waals surface area contributed by atoms with Crippen molar-refractivity contribution in [2.75, 3.05) is 11.1 Å². The van der Waals surface area contributed by atoms with Gasteiger partial charge in [-0.05, 0) is 43.5 Å². The number of anilines is 2. The summed E-state index contributed by atoms with van der Waals surface area (Å²) in [6.07, 6.45) is 0.879. The molecule has 3 N–H and O–H groups in total. The molecule has 0 bridgehead atoms. The van der Waals surface area contributed by atoms with Crippen LogP contribution in [0.25, 0.3) is 0 Å². The second kappa shape index (κ2) is 2.99. The van der Waals surface area contributed by atoms with E-state index in [1.54, 1.807) is 0 Å². The first kappa shape index (κ1) is 10.0. The summed E-state index contributed by atoms with van der Waals surface area (Å²) in [5, 5.41) is 2.94. The molecule has 0 saturated carbocycles. The predicted octanol–water partition coefficient (Wildman–Crippen LogP) is 2.06. The van der Waals surface area contributed by atoms with Gasteiger partial charge in [0.1, 0.15) is 0 Å². The fraction of sp³-hybridized carbons (Fsp3) is 0.417. The number of carbonyl (C=O) groups is 1. The lowest BCUT2D eigenvalue weighted by atomic mass is 9.85. The lowest BCUT2D eigenvalue weighted by Crippen LogP contribution is -2.26. The Hall–Kier alpha value is -1.51. The molecule has 3 nitrogen and oxygen atoms in total. The molecule has 80 valence electrons. The largest absolute Gasteiger partial charge is 0.399 e. The van der Waals surface area contributed by atoms with Crippen LogP contribution in [0.3, 0.4) is 0 Å². The molecule has 0 atom stereocenters. The van der Waals surface area contributed by atoms with E-state index >= 15 is 0 Å². The maximum atomic E-state index is 11.8. The van der Waals surface area contributed by atoms with Crippen molar-refractivity contribution in [2.45, 2.75) is 32.6 Å². The van der Waals surface area contributed by atoms with Gasteiger partial charge in [0.05, 0.1) is 5.41 Å². The summed E-state index contributed by atoms with van der Waals surface area (Å²) in [5.41, 5.74) is 9.20. The van der Waals surface area contributed by atoms with Crippen LogP contribution in [0.5, 0.6) is 0 Å². The summed E-state index contributed by atoms with van der Waals surface area (Å²) in [6.45, 7) is 5.91. The Labute approximate surface area is 89.7 Å². The maximum absolute atomic E-state index is 11.8. The quantitative estimate of drug-likeness (QED) is 0.688. The summed E-state index contributed by atoms with van der Waals surface area (Å²) >= 11 is 0. The molecule has 0 aromatic heterocycles. The molecular formula is C12H16N2O. The van der Waals surface area contributed by atoms with Gasteiger partial charge in [-0.15, -0.1) is 0 Å². The summed E-state index contributed by atoms with van der Waals surface area (Å²) < 4.78 is 0. The Bertz CT molecular complexity index is 435. The van der Waals surface area contributed by atoms with Crippen LogP contribution in [0.4, 0.5) is 11.4 Å². The second-order valence-corrected chi connectivity index (χ2v) is 4.54. The first-order valence-electron chi connectivity index (χ1n) is 5.21. The van der Waals surface area contributed by atoms with Crippen LogP contribution in [0.15, 0.2) is 12.1 Å². The Morgan fingerprint density at radius 1 is 1.40 bits per heavy atom. The Kier molecular flexibility index (Phi) is 2.00. The molecule has 0 saturated heterocycles. The van der Waals surface area contributed by atoms with Crippen molar-refractivity contribution < 1.29 is 4.79 Å². The lowest BCUT2D eigenvalue weighted by Gasteiger charge is -2.16. The highest BCUT2D eigenvalue weighted by molar-refractivity contribution is 6.06. The smallest absolute Gasteiger partial charge is 0.234 e. The number of rotatable bonds is 1. The molecule has 1 aliphatic heterocycles. The zero-order valence-corrected chi connectivity index (χ0v) is 9.35. The fourth-order valence-electron chi connectivity index (χ4n) is 2.04. The highest BCUT2D eigenvalue weighted by atomic mass is 16.2. The first-order chi connectivity index (χ1) is 6.96. The molecule has 1 aromatic carbocycles. The number of amides is 1. The summed E-state index contributed by atoms with van der Waals surface area (Å²) in [5.74, 6) is 0.0535. The summed E-state index contributed by atoms with van der Waals surface area (Å²) in [4.78, 5) is 11.8. The normalized spacial score (nSPS) is 17.4. The number of nitrogens with two attached hydrogens (primary N) is 1. The molecule has 1 heterocycles. The molecule has 1 amide bonds. The average Bonchev–Trinajstić information content (AvgIpc) is 2.39. The molecule has 1 aromatic rings. The van der Waals surface area contributed by atoms with Gasteiger partial charge in [0, 0.05) is 11.4 Å². The van der Waals surface area contributed by atoms with Crippen molar-refractivity contribution in [3.8, 4) is 0 Å². The average molecular weight is 204 g/mol. The third-order valence-electron chi connectivity index (χ3n) is 3.10. The van der Waals surface area contributed by atoms with E-state index in [-0.39, 0.29) is 5.91 Å². The van der Waals surface area contributed by atoms with Crippen molar-refractivity contribution in [1.82, 2.24) is 0 Å². The summed E-state index contributed by atoms with van der Waals surface area (Å²) in [7, 11) is 0. The molecule has 15 heavy (non-hydrogen) atoms. The van der Waals surface area contributed by atoms with Gasteiger partial charge in [0.15, 0.2) is 0 Å². The van der Waals surface area contributed by atoms with Crippen molar-refractivity contribution >= 4 is 17.3 Å². The van der Waals surface area contributed by atoms with Gasteiger partial charge in [0.25, 0.3) is 0 Å². The third kappa shape index (κ3) is 1.30. The van der Waals surface area contributed by atoms with E-state index in [0.29, 0.717) is 0 Å². The van der Waals surface area contributed by atoms with Crippen molar-refractivity contribution in [2.24, 2.45) is 0 Å². The van der Waals surface area contributed by atoms with Crippen LogP contribution in [0.1, 0.15) is 31.9 Å². The summed E-state index contributed by atoms with van der Waals surface area (Å²) in [6, 6.07) is 3.83. The molecule has 3 heteroatoms. The number of fused-ring (bicyclic) bond motifs is 1. The number of aryl methyl sites for hydroxylation is 1. The van der Waals surface area contributed by atoms with Gasteiger partial charge in [-0.2, -0.15) is 0 Å². The zero-order chi connectivity index (χ0) is 11.2. The van der Waals surface area contributed by atoms with Crippen LogP contribution in [0.2, 0.25) is 0 Å². The minimum absolute atomic E-state index is 0.0535. The number of nitrogen functional groups attached to an aromatic ring is 1. The lowest BCUT2D eigenvalue weighted by molar-refractivity contribution is -0.119. The van der Waals surface area contributed by atoms with Crippen molar-refractivity contribution in [1.29, 1.82) is 0 Å². The second-order valence-electron chi connectivity index (χ2n) is 4.54. The Morgan fingerprint density at radius 3 is 2.67 bits per heavy atom. The van der Waals surface area contributed by atoms with E-state index in [2.05, 4.69) is 12.2 Å². The van der Waals surface area contributed by atoms with Gasteiger partial charge >= 0.3 is 0 Å². The number of hydrogen-bond acceptors (Lipinski definition) is 2. The van der Waals surface area contributed by atoms with Crippen LogP contribution < -0.4 is 11.1 Å². The van der Waals surface area contributed by atoms with Crippen molar-refractivity contribution in [3.63, 3.8) is 0 Å². The molecular weight excluding hydrogens is 188 g/mol. The van der Waals surface area contributed by atoms with Gasteiger partial charge < -0.3 is 11.1 Å². The monoisotopic (exact) mass is 204 g/mol. The van der Waals surface area contributed by atoms with Gasteiger partial charge in [0.2, 0.25) is 5.91 Å². The Balaban J connectivity index is 2.68. The third-order valence-corrected chi connectivity index (χ3v) is 3.10. The van der Waals surface area contributed by atoms with Gasteiger partial charge in [-0.3, -0.25) is 4.79 Å². The van der Waals surface area contributed by atoms with Crippen molar-refractivity contribution in [3.05, 3.63) is 23.3 Å². The van der Waals surface area contributed by atoms with E-state index in [9.17, 15) is 4.79 Å². The fourth-order valence-corrected chi connectivity index (χ4v) is 2.04. The predicted molar refractivity (Wildman–Crippen MR) is 61.9 cm³/mol. The SMILES string of the molecule is CCc1cc(N)cc2c1NC(=O)C2(C)C. The highest BCUT2D eigenvalue weighted by Crippen LogP contribution is 2.40. The van der Waals surface area contributed by atoms with Gasteiger partial charge in [-0.1, -0.05) is 6.92 Å². The van der Waals surface area contributed by atoms with E-state index < -0.39 is 5.41 Å². The first-order valence-corrected chi connectivity index (χ1v) is 5.21. The number of benzene rings is 1. The van der Waals surface area contributed by atoms with Crippen LogP contribution >= 0.6 is 0 Å². The number of nitrogens with one attached hydrogen (secondary N) is 1. The van der Waals surface area contributed by atoms with E-state index in [0.717, 1.165) is 28.9 Å². The van der Waals surface area contributed by atoms with E-state index in [1.807, 2.05) is 26.0 Å². The molecule has 2 rings (SSSR count). The number of hydrogen-bond donors (Lipinski definition) is 2. The minimum Gasteiger partial charge on any atom is -0.399 e. The van der Waals surface area contributed by atoms with Crippen LogP contribution in [0, 0.1) is 0 Å². The molecule has 0 spiro atoms. The topological polar surface area (TPSA) is 55.1 Å². The minimum atomic E-state index is -0.464. The maximum Gasteiger partial charge on any atom is 0.234 e. The van der Waals surface area contributed by atoms with E-state index in [1.165, 1.54) is 0 Å². The zero-order valence-electron chi connectivity index (χ0n) is 9.35. The highest BCUT2D eigenvalue weighted by Gasteiger charge is 2.39. The Morgan fingerprint density at radius 2 is 2.07 bits per heavy atom. The van der Waals surface area contributed by atoms with E-state index in [4.69, 9.17) is 5.73 Å². The molecule has 0 aliphatic carbocycles. The van der Waals surface area contributed by atoms with Gasteiger partial charge in [-0.25, -0.2) is 0 Å². The van der Waals surface area contributed by atoms with Crippen LogP contribution in [-0.4, -0.2) is 5.91 Å². The molecule has 0 fully saturated rings. The molecule has 0 radical (unpaired) electrons. The molecule has 1 aliphatic rings. The number of carbonyl (C=O) groups excluding carboxylic acids is 1. The van der Waals surface area contributed by atoms with Crippen LogP contribution in [-0.2, 0) is 16.6 Å².